The lowest BCUT2D eigenvalue weighted by Gasteiger charge is -2.17. The molecule has 2 rings (SSSR count). The van der Waals surface area contributed by atoms with E-state index in [1.807, 2.05) is 31.2 Å². The third-order valence-electron chi connectivity index (χ3n) is 3.29. The number of rotatable bonds is 6. The molecule has 2 aromatic rings. The molecule has 0 aliphatic carbocycles. The number of hydrogen-bond acceptors (Lipinski definition) is 4. The summed E-state index contributed by atoms with van der Waals surface area (Å²) in [7, 11) is 0. The van der Waals surface area contributed by atoms with E-state index in [4.69, 9.17) is 9.15 Å². The summed E-state index contributed by atoms with van der Waals surface area (Å²) in [6.45, 7) is 3.36. The third kappa shape index (κ3) is 4.96. The fraction of sp³-hybridized carbons (Fsp3) is 0.294. The number of carbonyl (C=O) groups excluding carboxylic acids is 2. The normalized spacial score (nSPS) is 11.8. The molecule has 0 spiro atoms. The first kappa shape index (κ1) is 17.3. The van der Waals surface area contributed by atoms with Crippen LogP contribution in [0.1, 0.15) is 41.3 Å². The maximum atomic E-state index is 12.0. The highest BCUT2D eigenvalue weighted by molar-refractivity contribution is 9.10. The summed E-state index contributed by atoms with van der Waals surface area (Å²) in [5.74, 6) is -0.292. The number of aryl methyl sites for hydroxylation is 1. The van der Waals surface area contributed by atoms with E-state index >= 15 is 0 Å². The maximum absolute atomic E-state index is 12.0. The van der Waals surface area contributed by atoms with Crippen LogP contribution in [0.25, 0.3) is 0 Å². The van der Waals surface area contributed by atoms with Crippen LogP contribution in [0.4, 0.5) is 0 Å². The number of nitrogens with one attached hydrogen (secondary N) is 1. The second kappa shape index (κ2) is 7.97. The summed E-state index contributed by atoms with van der Waals surface area (Å²) in [4.78, 5) is 23.7. The van der Waals surface area contributed by atoms with Gasteiger partial charge in [-0.15, -0.1) is 0 Å². The molecule has 0 bridgehead atoms. The van der Waals surface area contributed by atoms with Crippen LogP contribution in [0, 0.1) is 6.92 Å². The van der Waals surface area contributed by atoms with Crippen molar-refractivity contribution in [2.75, 3.05) is 6.61 Å². The summed E-state index contributed by atoms with van der Waals surface area (Å²) in [6.07, 6.45) is 0.735. The average Bonchev–Trinajstić information content (AvgIpc) is 2.98. The van der Waals surface area contributed by atoms with E-state index in [9.17, 15) is 9.59 Å². The van der Waals surface area contributed by atoms with Crippen molar-refractivity contribution in [2.24, 2.45) is 0 Å². The molecule has 0 radical (unpaired) electrons. The first-order chi connectivity index (χ1) is 11.0. The monoisotopic (exact) mass is 379 g/mol. The molecule has 0 aliphatic rings. The number of hydrogen-bond donors (Lipinski definition) is 1. The van der Waals surface area contributed by atoms with E-state index in [2.05, 4.69) is 21.2 Å². The molecule has 122 valence electrons. The van der Waals surface area contributed by atoms with E-state index in [1.54, 1.807) is 13.0 Å². The molecule has 0 saturated heterocycles. The maximum Gasteiger partial charge on any atom is 0.374 e. The Hall–Kier alpha value is -2.08. The highest BCUT2D eigenvalue weighted by atomic mass is 79.9. The first-order valence-electron chi connectivity index (χ1n) is 7.28. The van der Waals surface area contributed by atoms with Gasteiger partial charge in [0.2, 0.25) is 5.76 Å². The zero-order valence-electron chi connectivity index (χ0n) is 13.0. The SMILES string of the molecule is CC[C@H](NC(=O)COC(=O)c1ccc(C)o1)c1ccc(Br)cc1. The first-order valence-corrected chi connectivity index (χ1v) is 8.07. The highest BCUT2D eigenvalue weighted by Gasteiger charge is 2.16. The molecular formula is C17H18BrNO4. The van der Waals surface area contributed by atoms with Crippen molar-refractivity contribution in [3.8, 4) is 0 Å². The molecular weight excluding hydrogens is 362 g/mol. The molecule has 1 aromatic heterocycles. The lowest BCUT2D eigenvalue weighted by atomic mass is 10.0. The topological polar surface area (TPSA) is 68.5 Å². The van der Waals surface area contributed by atoms with Crippen LogP contribution in [-0.4, -0.2) is 18.5 Å². The number of esters is 1. The Balaban J connectivity index is 1.87. The Morgan fingerprint density at radius 1 is 1.22 bits per heavy atom. The van der Waals surface area contributed by atoms with Crippen LogP contribution in [0.5, 0.6) is 0 Å². The summed E-state index contributed by atoms with van der Waals surface area (Å²) >= 11 is 3.38. The second-order valence-corrected chi connectivity index (χ2v) is 5.98. The van der Waals surface area contributed by atoms with Gasteiger partial charge in [-0.05, 0) is 43.2 Å². The van der Waals surface area contributed by atoms with Crippen molar-refractivity contribution in [1.82, 2.24) is 5.32 Å². The van der Waals surface area contributed by atoms with E-state index in [-0.39, 0.29) is 24.3 Å². The van der Waals surface area contributed by atoms with Crippen LogP contribution in [0.2, 0.25) is 0 Å². The minimum Gasteiger partial charge on any atom is -0.454 e. The Morgan fingerprint density at radius 3 is 2.48 bits per heavy atom. The van der Waals surface area contributed by atoms with Crippen molar-refractivity contribution in [1.29, 1.82) is 0 Å². The predicted octanol–water partition coefficient (Wildman–Crippen LogP) is 3.77. The van der Waals surface area contributed by atoms with Crippen molar-refractivity contribution >= 4 is 27.8 Å². The molecule has 5 nitrogen and oxygen atoms in total. The van der Waals surface area contributed by atoms with Gasteiger partial charge >= 0.3 is 5.97 Å². The lowest BCUT2D eigenvalue weighted by Crippen LogP contribution is -2.32. The fourth-order valence-corrected chi connectivity index (χ4v) is 2.36. The molecule has 1 atom stereocenters. The van der Waals surface area contributed by atoms with E-state index < -0.39 is 5.97 Å². The van der Waals surface area contributed by atoms with Gasteiger partial charge in [-0.1, -0.05) is 35.0 Å². The number of furan rings is 1. The Kier molecular flexibility index (Phi) is 5.98. The minimum absolute atomic E-state index is 0.0928. The van der Waals surface area contributed by atoms with Crippen LogP contribution < -0.4 is 5.32 Å². The summed E-state index contributed by atoms with van der Waals surface area (Å²) in [5, 5.41) is 2.85. The van der Waals surface area contributed by atoms with Gasteiger partial charge in [0.15, 0.2) is 6.61 Å². The van der Waals surface area contributed by atoms with E-state index in [0.29, 0.717) is 5.76 Å². The second-order valence-electron chi connectivity index (χ2n) is 5.07. The van der Waals surface area contributed by atoms with Gasteiger partial charge in [-0.3, -0.25) is 4.79 Å². The number of halogens is 1. The standard InChI is InChI=1S/C17H18BrNO4/c1-3-14(12-5-7-13(18)8-6-12)19-16(20)10-22-17(21)15-9-4-11(2)23-15/h4-9,14H,3,10H2,1-2H3,(H,19,20)/t14-/m0/s1. The van der Waals surface area contributed by atoms with Gasteiger partial charge in [0, 0.05) is 4.47 Å². The largest absolute Gasteiger partial charge is 0.454 e. The van der Waals surface area contributed by atoms with Gasteiger partial charge in [-0.25, -0.2) is 4.79 Å². The number of ether oxygens (including phenoxy) is 1. The average molecular weight is 380 g/mol. The summed E-state index contributed by atoms with van der Waals surface area (Å²) in [5.41, 5.74) is 0.997. The Morgan fingerprint density at radius 2 is 1.91 bits per heavy atom. The zero-order valence-corrected chi connectivity index (χ0v) is 14.6. The smallest absolute Gasteiger partial charge is 0.374 e. The highest BCUT2D eigenvalue weighted by Crippen LogP contribution is 2.19. The molecule has 0 fully saturated rings. The van der Waals surface area contributed by atoms with Gasteiger partial charge in [0.1, 0.15) is 5.76 Å². The summed E-state index contributed by atoms with van der Waals surface area (Å²) in [6, 6.07) is 10.8. The molecule has 1 amide bonds. The number of carbonyl (C=O) groups is 2. The van der Waals surface area contributed by atoms with Gasteiger partial charge < -0.3 is 14.5 Å². The van der Waals surface area contributed by atoms with Crippen molar-refractivity contribution in [3.05, 3.63) is 58.0 Å². The molecule has 23 heavy (non-hydrogen) atoms. The molecule has 0 aliphatic heterocycles. The van der Waals surface area contributed by atoms with Gasteiger partial charge in [0.05, 0.1) is 6.04 Å². The van der Waals surface area contributed by atoms with E-state index in [1.165, 1.54) is 6.07 Å². The minimum atomic E-state index is -0.648. The predicted molar refractivity (Wildman–Crippen MR) is 89.0 cm³/mol. The molecule has 1 N–H and O–H groups in total. The third-order valence-corrected chi connectivity index (χ3v) is 3.82. The fourth-order valence-electron chi connectivity index (χ4n) is 2.10. The molecule has 1 aromatic carbocycles. The molecule has 0 saturated carbocycles. The van der Waals surface area contributed by atoms with Gasteiger partial charge in [0.25, 0.3) is 5.91 Å². The lowest BCUT2D eigenvalue weighted by molar-refractivity contribution is -0.125. The Bertz CT molecular complexity index is 678. The van der Waals surface area contributed by atoms with E-state index in [0.717, 1.165) is 16.5 Å². The molecule has 0 unspecified atom stereocenters. The number of amides is 1. The van der Waals surface area contributed by atoms with Crippen molar-refractivity contribution < 1.29 is 18.7 Å². The Labute approximate surface area is 143 Å². The zero-order chi connectivity index (χ0) is 16.8. The molecule has 1 heterocycles. The van der Waals surface area contributed by atoms with Crippen LogP contribution in [0.3, 0.4) is 0 Å². The van der Waals surface area contributed by atoms with Crippen molar-refractivity contribution in [2.45, 2.75) is 26.3 Å². The van der Waals surface area contributed by atoms with Gasteiger partial charge in [-0.2, -0.15) is 0 Å². The van der Waals surface area contributed by atoms with Crippen molar-refractivity contribution in [3.63, 3.8) is 0 Å². The number of benzene rings is 1. The summed E-state index contributed by atoms with van der Waals surface area (Å²) < 4.78 is 11.1. The van der Waals surface area contributed by atoms with Crippen LogP contribution in [-0.2, 0) is 9.53 Å². The van der Waals surface area contributed by atoms with Crippen LogP contribution >= 0.6 is 15.9 Å². The molecule has 6 heteroatoms. The quantitative estimate of drug-likeness (QED) is 0.775. The van der Waals surface area contributed by atoms with Crippen LogP contribution in [0.15, 0.2) is 45.3 Å².